The van der Waals surface area contributed by atoms with Crippen LogP contribution in [-0.2, 0) is 25.6 Å². The van der Waals surface area contributed by atoms with Gasteiger partial charge < -0.3 is 23.6 Å². The third kappa shape index (κ3) is 5.52. The van der Waals surface area contributed by atoms with Gasteiger partial charge in [-0.25, -0.2) is 0 Å². The summed E-state index contributed by atoms with van der Waals surface area (Å²) in [5.74, 6) is -0.256. The topological polar surface area (TPSA) is 91.1 Å². The Bertz CT molecular complexity index is 459. The number of aromatic nitrogens is 1. The highest BCUT2D eigenvalue weighted by molar-refractivity contribution is 5.92. The van der Waals surface area contributed by atoms with E-state index in [0.717, 1.165) is 0 Å². The monoisotopic (exact) mass is 300 g/mol. The Hall–Kier alpha value is -1.93. The highest BCUT2D eigenvalue weighted by Crippen LogP contribution is 2.09. The summed E-state index contributed by atoms with van der Waals surface area (Å²) in [7, 11) is 4.36. The van der Waals surface area contributed by atoms with E-state index in [9.17, 15) is 9.59 Å². The number of carbonyl (C=O) groups is 2. The van der Waals surface area contributed by atoms with Crippen LogP contribution < -0.4 is 0 Å². The third-order valence-corrected chi connectivity index (χ3v) is 2.73. The van der Waals surface area contributed by atoms with Crippen LogP contribution in [0.3, 0.4) is 0 Å². The van der Waals surface area contributed by atoms with E-state index in [0.29, 0.717) is 18.9 Å². The minimum atomic E-state index is -0.384. The quantitative estimate of drug-likeness (QED) is 0.612. The van der Waals surface area contributed by atoms with Crippen molar-refractivity contribution in [2.75, 3.05) is 41.0 Å². The molecule has 0 saturated carbocycles. The number of hydrogen-bond donors (Lipinski definition) is 0. The lowest BCUT2D eigenvalue weighted by Gasteiger charge is -2.20. The molecule has 0 saturated heterocycles. The van der Waals surface area contributed by atoms with Crippen molar-refractivity contribution >= 4 is 11.9 Å². The van der Waals surface area contributed by atoms with E-state index in [-0.39, 0.29) is 37.1 Å². The molecule has 1 aromatic rings. The molecule has 0 spiro atoms. The van der Waals surface area contributed by atoms with Gasteiger partial charge in [-0.15, -0.1) is 0 Å². The Morgan fingerprint density at radius 2 is 2.00 bits per heavy atom. The van der Waals surface area contributed by atoms with E-state index in [4.69, 9.17) is 14.0 Å². The number of methoxy groups -OCH3 is 3. The van der Waals surface area contributed by atoms with Gasteiger partial charge in [-0.2, -0.15) is 0 Å². The van der Waals surface area contributed by atoms with Gasteiger partial charge in [-0.05, 0) is 0 Å². The number of hydrogen-bond acceptors (Lipinski definition) is 7. The summed E-state index contributed by atoms with van der Waals surface area (Å²) in [5, 5.41) is 3.71. The molecule has 0 aliphatic heterocycles. The van der Waals surface area contributed by atoms with E-state index >= 15 is 0 Å². The highest BCUT2D eigenvalue weighted by atomic mass is 16.5. The Kier molecular flexibility index (Phi) is 7.41. The Morgan fingerprint density at radius 1 is 1.24 bits per heavy atom. The van der Waals surface area contributed by atoms with Gasteiger partial charge in [0.2, 0.25) is 0 Å². The molecule has 118 valence electrons. The average Bonchev–Trinajstić information content (AvgIpc) is 2.95. The zero-order valence-corrected chi connectivity index (χ0v) is 12.5. The molecule has 1 amide bonds. The van der Waals surface area contributed by atoms with Gasteiger partial charge in [0.05, 0.1) is 20.1 Å². The van der Waals surface area contributed by atoms with E-state index in [1.165, 1.54) is 32.3 Å². The van der Waals surface area contributed by atoms with Crippen LogP contribution in [0.4, 0.5) is 0 Å². The van der Waals surface area contributed by atoms with Crippen molar-refractivity contribution in [3.05, 3.63) is 17.5 Å². The highest BCUT2D eigenvalue weighted by Gasteiger charge is 2.20. The van der Waals surface area contributed by atoms with Crippen LogP contribution in [-0.4, -0.2) is 63.0 Å². The lowest BCUT2D eigenvalue weighted by atomic mass is 10.3. The fourth-order valence-corrected chi connectivity index (χ4v) is 1.63. The lowest BCUT2D eigenvalue weighted by molar-refractivity contribution is -0.140. The van der Waals surface area contributed by atoms with Crippen molar-refractivity contribution in [2.45, 2.75) is 13.0 Å². The minimum absolute atomic E-state index is 0.106. The molecule has 0 N–H and O–H groups in total. The van der Waals surface area contributed by atoms with Crippen molar-refractivity contribution in [1.29, 1.82) is 0 Å². The molecule has 0 atom stereocenters. The van der Waals surface area contributed by atoms with Crippen molar-refractivity contribution in [3.8, 4) is 0 Å². The van der Waals surface area contributed by atoms with Crippen molar-refractivity contribution < 1.29 is 28.3 Å². The predicted octanol–water partition coefficient (Wildman–Crippen LogP) is 0.473. The smallest absolute Gasteiger partial charge is 0.307 e. The molecule has 1 rings (SSSR count). The molecule has 8 nitrogen and oxygen atoms in total. The molecule has 1 heterocycles. The molecule has 1 aromatic heterocycles. The zero-order chi connectivity index (χ0) is 15.7. The summed E-state index contributed by atoms with van der Waals surface area (Å²) in [4.78, 5) is 25.0. The van der Waals surface area contributed by atoms with Crippen LogP contribution in [0.2, 0.25) is 0 Å². The number of nitrogens with zero attached hydrogens (tertiary/aromatic N) is 2. The summed E-state index contributed by atoms with van der Waals surface area (Å²) < 4.78 is 19.4. The van der Waals surface area contributed by atoms with Gasteiger partial charge in [0, 0.05) is 33.4 Å². The zero-order valence-electron chi connectivity index (χ0n) is 12.5. The first-order valence-corrected chi connectivity index (χ1v) is 6.42. The summed E-state index contributed by atoms with van der Waals surface area (Å²) in [6, 6.07) is 1.52. The van der Waals surface area contributed by atoms with Gasteiger partial charge in [0.15, 0.2) is 11.5 Å². The number of rotatable bonds is 9. The minimum Gasteiger partial charge on any atom is -0.469 e. The maximum atomic E-state index is 12.3. The molecule has 0 unspecified atom stereocenters. The van der Waals surface area contributed by atoms with Crippen LogP contribution in [0.25, 0.3) is 0 Å². The summed E-state index contributed by atoms with van der Waals surface area (Å²) in [5.41, 5.74) is 0.169. The number of ether oxygens (including phenoxy) is 3. The fraction of sp³-hybridized carbons (Fsp3) is 0.615. The normalized spacial score (nSPS) is 10.4. The third-order valence-electron chi connectivity index (χ3n) is 2.73. The lowest BCUT2D eigenvalue weighted by Crippen LogP contribution is -2.36. The summed E-state index contributed by atoms with van der Waals surface area (Å²) >= 11 is 0. The van der Waals surface area contributed by atoms with Crippen LogP contribution in [0.1, 0.15) is 22.7 Å². The maximum Gasteiger partial charge on any atom is 0.307 e. The van der Waals surface area contributed by atoms with Gasteiger partial charge in [0.1, 0.15) is 6.61 Å². The molecule has 0 aromatic carbocycles. The SMILES string of the molecule is COCCN(CCC(=O)OC)C(=O)c1cc(COC)on1. The largest absolute Gasteiger partial charge is 0.469 e. The maximum absolute atomic E-state index is 12.3. The van der Waals surface area contributed by atoms with E-state index in [2.05, 4.69) is 9.89 Å². The second-order valence-corrected chi connectivity index (χ2v) is 4.22. The molecule has 0 aliphatic carbocycles. The number of esters is 1. The fourth-order valence-electron chi connectivity index (χ4n) is 1.63. The average molecular weight is 300 g/mol. The molecule has 0 fully saturated rings. The molecule has 0 aliphatic rings. The van der Waals surface area contributed by atoms with E-state index in [1.807, 2.05) is 0 Å². The standard InChI is InChI=1S/C13H20N2O6/c1-18-7-6-15(5-4-12(16)20-3)13(17)11-8-10(9-19-2)21-14-11/h8H,4-7,9H2,1-3H3. The van der Waals surface area contributed by atoms with E-state index < -0.39 is 0 Å². The van der Waals surface area contributed by atoms with Crippen molar-refractivity contribution in [2.24, 2.45) is 0 Å². The van der Waals surface area contributed by atoms with Gasteiger partial charge in [-0.3, -0.25) is 9.59 Å². The second kappa shape index (κ2) is 9.09. The first kappa shape index (κ1) is 17.1. The van der Waals surface area contributed by atoms with Crippen LogP contribution in [0.5, 0.6) is 0 Å². The van der Waals surface area contributed by atoms with Crippen LogP contribution >= 0.6 is 0 Å². The number of carbonyl (C=O) groups excluding carboxylic acids is 2. The van der Waals surface area contributed by atoms with Crippen LogP contribution in [0.15, 0.2) is 10.6 Å². The Balaban J connectivity index is 2.70. The Morgan fingerprint density at radius 3 is 2.62 bits per heavy atom. The molecular weight excluding hydrogens is 280 g/mol. The first-order valence-electron chi connectivity index (χ1n) is 6.42. The molecular formula is C13H20N2O6. The number of amides is 1. The molecule has 0 radical (unpaired) electrons. The summed E-state index contributed by atoms with van der Waals surface area (Å²) in [6.45, 7) is 1.16. The second-order valence-electron chi connectivity index (χ2n) is 4.22. The van der Waals surface area contributed by atoms with Gasteiger partial charge >= 0.3 is 5.97 Å². The van der Waals surface area contributed by atoms with Gasteiger partial charge in [-0.1, -0.05) is 5.16 Å². The molecule has 21 heavy (non-hydrogen) atoms. The Labute approximate surface area is 122 Å². The van der Waals surface area contributed by atoms with Crippen LogP contribution in [0, 0.1) is 0 Å². The summed E-state index contributed by atoms with van der Waals surface area (Å²) in [6.07, 6.45) is 0.106. The predicted molar refractivity (Wildman–Crippen MR) is 71.6 cm³/mol. The first-order chi connectivity index (χ1) is 10.1. The van der Waals surface area contributed by atoms with Crippen molar-refractivity contribution in [3.63, 3.8) is 0 Å². The van der Waals surface area contributed by atoms with Crippen molar-refractivity contribution in [1.82, 2.24) is 10.1 Å². The molecule has 0 bridgehead atoms. The van der Waals surface area contributed by atoms with E-state index in [1.54, 1.807) is 0 Å². The molecule has 8 heteroatoms. The van der Waals surface area contributed by atoms with Gasteiger partial charge in [0.25, 0.3) is 5.91 Å².